The fraction of sp³-hybridized carbons (Fsp3) is 0.600. The van der Waals surface area contributed by atoms with E-state index in [0.29, 0.717) is 12.0 Å². The SMILES string of the molecule is CC(C)=CCCC(C)=CCC[C@]1(C)Oc2ccccc2[C@@H]2O[C@@H](C)CC[C@@H]21. The first-order chi connectivity index (χ1) is 12.9. The van der Waals surface area contributed by atoms with Crippen molar-refractivity contribution in [2.24, 2.45) is 5.92 Å². The molecule has 2 aliphatic rings. The lowest BCUT2D eigenvalue weighted by Crippen LogP contribution is -2.50. The van der Waals surface area contributed by atoms with Crippen molar-refractivity contribution in [1.82, 2.24) is 0 Å². The van der Waals surface area contributed by atoms with Crippen LogP contribution in [0.25, 0.3) is 0 Å². The minimum Gasteiger partial charge on any atom is -0.487 e. The van der Waals surface area contributed by atoms with Crippen molar-refractivity contribution >= 4 is 0 Å². The smallest absolute Gasteiger partial charge is 0.125 e. The maximum atomic E-state index is 6.60. The van der Waals surface area contributed by atoms with E-state index in [1.807, 2.05) is 0 Å². The molecule has 0 aromatic heterocycles. The van der Waals surface area contributed by atoms with Crippen LogP contribution in [0.1, 0.15) is 84.8 Å². The van der Waals surface area contributed by atoms with Crippen LogP contribution in [0.2, 0.25) is 0 Å². The Morgan fingerprint density at radius 1 is 1.11 bits per heavy atom. The van der Waals surface area contributed by atoms with E-state index in [1.165, 1.54) is 23.1 Å². The van der Waals surface area contributed by atoms with Gasteiger partial charge in [0.1, 0.15) is 11.4 Å². The van der Waals surface area contributed by atoms with E-state index in [1.54, 1.807) is 0 Å². The number of allylic oxidation sites excluding steroid dienone is 4. The molecule has 0 saturated carbocycles. The zero-order chi connectivity index (χ0) is 19.4. The third kappa shape index (κ3) is 4.85. The minimum absolute atomic E-state index is 0.157. The van der Waals surface area contributed by atoms with E-state index in [-0.39, 0.29) is 11.7 Å². The average molecular weight is 369 g/mol. The van der Waals surface area contributed by atoms with Crippen LogP contribution in [0.15, 0.2) is 47.6 Å². The fourth-order valence-corrected chi connectivity index (χ4v) is 4.56. The summed E-state index contributed by atoms with van der Waals surface area (Å²) in [5.41, 5.74) is 3.97. The lowest BCUT2D eigenvalue weighted by atomic mass is 9.72. The van der Waals surface area contributed by atoms with Gasteiger partial charge in [0.2, 0.25) is 0 Å². The molecule has 27 heavy (non-hydrogen) atoms. The van der Waals surface area contributed by atoms with Gasteiger partial charge in [-0.1, -0.05) is 41.5 Å². The molecule has 0 unspecified atom stereocenters. The summed E-state index contributed by atoms with van der Waals surface area (Å²) < 4.78 is 13.0. The minimum atomic E-state index is -0.157. The molecule has 0 bridgehead atoms. The van der Waals surface area contributed by atoms with Gasteiger partial charge in [-0.2, -0.15) is 0 Å². The summed E-state index contributed by atoms with van der Waals surface area (Å²) in [6, 6.07) is 8.45. The van der Waals surface area contributed by atoms with E-state index in [0.717, 1.165) is 37.9 Å². The average Bonchev–Trinajstić information content (AvgIpc) is 2.61. The van der Waals surface area contributed by atoms with Gasteiger partial charge in [-0.15, -0.1) is 0 Å². The Hall–Kier alpha value is -1.54. The second-order valence-electron chi connectivity index (χ2n) is 8.91. The second-order valence-corrected chi connectivity index (χ2v) is 8.91. The van der Waals surface area contributed by atoms with Gasteiger partial charge in [0.05, 0.1) is 12.2 Å². The molecule has 0 N–H and O–H groups in total. The van der Waals surface area contributed by atoms with Crippen LogP contribution in [0.3, 0.4) is 0 Å². The molecule has 3 rings (SSSR count). The lowest BCUT2D eigenvalue weighted by Gasteiger charge is -2.50. The van der Waals surface area contributed by atoms with Crippen LogP contribution in [0, 0.1) is 5.92 Å². The second kappa shape index (κ2) is 8.65. The Bertz CT molecular complexity index is 698. The standard InChI is InChI=1S/C25H36O2/c1-18(2)10-8-11-19(3)12-9-17-25(5)22-16-15-20(4)26-24(22)21-13-6-7-14-23(21)27-25/h6-7,10,12-14,20,22,24H,8-9,11,15-17H2,1-5H3/t20-,22-,24-,25-/m0/s1. The first-order valence-electron chi connectivity index (χ1n) is 10.6. The van der Waals surface area contributed by atoms with Crippen LogP contribution < -0.4 is 4.74 Å². The van der Waals surface area contributed by atoms with Gasteiger partial charge in [-0.05, 0) is 79.2 Å². The molecule has 2 heteroatoms. The number of fused-ring (bicyclic) bond motifs is 3. The van der Waals surface area contributed by atoms with Gasteiger partial charge in [0.15, 0.2) is 0 Å². The topological polar surface area (TPSA) is 18.5 Å². The molecule has 0 spiro atoms. The summed E-state index contributed by atoms with van der Waals surface area (Å²) in [5.74, 6) is 1.45. The molecule has 1 saturated heterocycles. The highest BCUT2D eigenvalue weighted by Crippen LogP contribution is 2.51. The van der Waals surface area contributed by atoms with Gasteiger partial charge >= 0.3 is 0 Å². The van der Waals surface area contributed by atoms with Gasteiger partial charge in [-0.25, -0.2) is 0 Å². The molecule has 1 aromatic rings. The van der Waals surface area contributed by atoms with Gasteiger partial charge in [0, 0.05) is 11.5 Å². The zero-order valence-electron chi connectivity index (χ0n) is 17.8. The Kier molecular flexibility index (Phi) is 6.47. The number of ether oxygens (including phenoxy) is 2. The van der Waals surface area contributed by atoms with E-state index < -0.39 is 0 Å². The Morgan fingerprint density at radius 2 is 1.89 bits per heavy atom. The van der Waals surface area contributed by atoms with Crippen molar-refractivity contribution < 1.29 is 9.47 Å². The molecule has 1 aromatic carbocycles. The highest BCUT2D eigenvalue weighted by molar-refractivity contribution is 5.39. The molecular formula is C25H36O2. The Labute approximate surface area is 165 Å². The monoisotopic (exact) mass is 368 g/mol. The first-order valence-corrected chi connectivity index (χ1v) is 10.6. The predicted octanol–water partition coefficient (Wildman–Crippen LogP) is 7.17. The molecule has 4 atom stereocenters. The maximum absolute atomic E-state index is 6.60. The van der Waals surface area contributed by atoms with Crippen LogP contribution in [-0.4, -0.2) is 11.7 Å². The summed E-state index contributed by atoms with van der Waals surface area (Å²) in [7, 11) is 0. The molecule has 1 fully saturated rings. The predicted molar refractivity (Wildman–Crippen MR) is 113 cm³/mol. The third-order valence-electron chi connectivity index (χ3n) is 6.21. The van der Waals surface area contributed by atoms with Crippen molar-refractivity contribution in [2.45, 2.75) is 91.0 Å². The maximum Gasteiger partial charge on any atom is 0.125 e. The first kappa shape index (κ1) is 20.2. The molecule has 0 radical (unpaired) electrons. The number of para-hydroxylation sites is 1. The molecule has 2 aliphatic heterocycles. The normalized spacial score (nSPS) is 30.1. The largest absolute Gasteiger partial charge is 0.487 e. The lowest BCUT2D eigenvalue weighted by molar-refractivity contribution is -0.152. The molecule has 2 nitrogen and oxygen atoms in total. The number of hydrogen-bond acceptors (Lipinski definition) is 2. The summed E-state index contributed by atoms with van der Waals surface area (Å²) in [6.45, 7) is 11.1. The van der Waals surface area contributed by atoms with Gasteiger partial charge < -0.3 is 9.47 Å². The van der Waals surface area contributed by atoms with Crippen LogP contribution in [-0.2, 0) is 4.74 Å². The van der Waals surface area contributed by atoms with Crippen molar-refractivity contribution in [3.05, 3.63) is 53.1 Å². The van der Waals surface area contributed by atoms with E-state index in [4.69, 9.17) is 9.47 Å². The molecule has 2 heterocycles. The van der Waals surface area contributed by atoms with Crippen molar-refractivity contribution in [1.29, 1.82) is 0 Å². The van der Waals surface area contributed by atoms with Crippen LogP contribution in [0.4, 0.5) is 0 Å². The highest BCUT2D eigenvalue weighted by Gasteiger charge is 2.48. The molecule has 0 amide bonds. The van der Waals surface area contributed by atoms with Crippen molar-refractivity contribution in [3.8, 4) is 5.75 Å². The third-order valence-corrected chi connectivity index (χ3v) is 6.21. The van der Waals surface area contributed by atoms with Gasteiger partial charge in [0.25, 0.3) is 0 Å². The Balaban J connectivity index is 1.70. The number of hydrogen-bond donors (Lipinski definition) is 0. The quantitative estimate of drug-likeness (QED) is 0.496. The van der Waals surface area contributed by atoms with E-state index in [2.05, 4.69) is 71.0 Å². The van der Waals surface area contributed by atoms with E-state index in [9.17, 15) is 0 Å². The van der Waals surface area contributed by atoms with Crippen molar-refractivity contribution in [2.75, 3.05) is 0 Å². The fourth-order valence-electron chi connectivity index (χ4n) is 4.56. The van der Waals surface area contributed by atoms with Crippen LogP contribution in [0.5, 0.6) is 5.75 Å². The van der Waals surface area contributed by atoms with Crippen LogP contribution >= 0.6 is 0 Å². The summed E-state index contributed by atoms with van der Waals surface area (Å²) in [5, 5.41) is 0. The number of rotatable bonds is 6. The Morgan fingerprint density at radius 3 is 2.67 bits per heavy atom. The molecule has 148 valence electrons. The highest BCUT2D eigenvalue weighted by atomic mass is 16.5. The zero-order valence-corrected chi connectivity index (χ0v) is 17.8. The van der Waals surface area contributed by atoms with Gasteiger partial charge in [-0.3, -0.25) is 0 Å². The summed E-state index contributed by atoms with van der Waals surface area (Å²) in [4.78, 5) is 0. The summed E-state index contributed by atoms with van der Waals surface area (Å²) in [6.07, 6.45) is 11.9. The number of benzene rings is 1. The molecule has 0 aliphatic carbocycles. The van der Waals surface area contributed by atoms with Crippen molar-refractivity contribution in [3.63, 3.8) is 0 Å². The summed E-state index contributed by atoms with van der Waals surface area (Å²) >= 11 is 0. The van der Waals surface area contributed by atoms with E-state index >= 15 is 0 Å². The molecular weight excluding hydrogens is 332 g/mol.